The van der Waals surface area contributed by atoms with Crippen LogP contribution in [0.3, 0.4) is 0 Å². The van der Waals surface area contributed by atoms with Crippen LogP contribution in [0.1, 0.15) is 18.9 Å². The van der Waals surface area contributed by atoms with E-state index in [4.69, 9.17) is 20.3 Å². The zero-order valence-electron chi connectivity index (χ0n) is 22.9. The van der Waals surface area contributed by atoms with Crippen LogP contribution in [0.2, 0.25) is 0 Å². The van der Waals surface area contributed by atoms with Gasteiger partial charge in [-0.15, -0.1) is 0 Å². The maximum atomic E-state index is 13.0. The Kier molecular flexibility index (Phi) is 8.68. The molecule has 10 heteroatoms. The molecule has 1 aliphatic rings. The maximum Gasteiger partial charge on any atom is 0.246 e. The van der Waals surface area contributed by atoms with Crippen LogP contribution in [-0.2, 0) is 9.53 Å². The summed E-state index contributed by atoms with van der Waals surface area (Å²) in [7, 11) is 3.69. The highest BCUT2D eigenvalue weighted by Gasteiger charge is 2.28. The van der Waals surface area contributed by atoms with Crippen LogP contribution >= 0.6 is 0 Å². The Hall–Kier alpha value is -4.28. The van der Waals surface area contributed by atoms with Gasteiger partial charge < -0.3 is 25.0 Å². The Bertz CT molecular complexity index is 1450. The van der Waals surface area contributed by atoms with Gasteiger partial charge >= 0.3 is 0 Å². The number of likely N-dealkylation sites (tertiary alicyclic amines) is 1. The van der Waals surface area contributed by atoms with Crippen molar-refractivity contribution >= 4 is 22.8 Å². The van der Waals surface area contributed by atoms with Gasteiger partial charge in [0.2, 0.25) is 5.91 Å². The first-order valence-corrected chi connectivity index (χ1v) is 13.5. The lowest BCUT2D eigenvalue weighted by molar-refractivity contribution is -0.127. The molecule has 208 valence electrons. The van der Waals surface area contributed by atoms with Crippen LogP contribution in [0.15, 0.2) is 73.1 Å². The molecular formula is C30H35N7O3. The first-order chi connectivity index (χ1) is 19.5. The second kappa shape index (κ2) is 12.7. The molecule has 0 radical (unpaired) electrons. The summed E-state index contributed by atoms with van der Waals surface area (Å²) in [6, 6.07) is 17.4. The molecule has 40 heavy (non-hydrogen) atoms. The van der Waals surface area contributed by atoms with Crippen molar-refractivity contribution in [1.29, 1.82) is 0 Å². The van der Waals surface area contributed by atoms with Crippen LogP contribution in [0.5, 0.6) is 11.5 Å². The van der Waals surface area contributed by atoms with E-state index in [0.717, 1.165) is 36.4 Å². The predicted molar refractivity (Wildman–Crippen MR) is 155 cm³/mol. The molecule has 2 aromatic heterocycles. The van der Waals surface area contributed by atoms with Crippen LogP contribution in [0.25, 0.3) is 22.3 Å². The lowest BCUT2D eigenvalue weighted by atomic mass is 10.1. The summed E-state index contributed by atoms with van der Waals surface area (Å²) in [5.74, 6) is 1.87. The third kappa shape index (κ3) is 6.30. The normalized spacial score (nSPS) is 15.8. The number of fused-ring (bicyclic) bond motifs is 1. The highest BCUT2D eigenvalue weighted by Crippen LogP contribution is 2.34. The number of amides is 1. The largest absolute Gasteiger partial charge is 0.457 e. The number of ether oxygens (including phenoxy) is 2. The smallest absolute Gasteiger partial charge is 0.246 e. The number of nitrogens with two attached hydrogens (primary N) is 1. The van der Waals surface area contributed by atoms with Gasteiger partial charge in [-0.2, -0.15) is 5.10 Å². The van der Waals surface area contributed by atoms with Gasteiger partial charge in [0.25, 0.3) is 0 Å². The minimum atomic E-state index is -0.0262. The number of likely N-dealkylation sites (N-methyl/N-ethyl adjacent to an activating group) is 1. The van der Waals surface area contributed by atoms with E-state index in [1.807, 2.05) is 77.3 Å². The molecule has 1 amide bonds. The number of piperidine rings is 1. The number of benzene rings is 2. The van der Waals surface area contributed by atoms with E-state index < -0.39 is 0 Å². The number of nitrogens with zero attached hydrogens (tertiary/aromatic N) is 6. The van der Waals surface area contributed by atoms with Crippen molar-refractivity contribution in [3.05, 3.63) is 73.1 Å². The van der Waals surface area contributed by atoms with Crippen molar-refractivity contribution < 1.29 is 14.3 Å². The average Bonchev–Trinajstić information content (AvgIpc) is 3.38. The number of carbonyl (C=O) groups excluding carboxylic acids is 1. The van der Waals surface area contributed by atoms with E-state index in [0.29, 0.717) is 48.8 Å². The SMILES string of the molecule is COCCN(C)CC=CC(=O)N1CCCC(n2nc(-c3ccc(Oc4ccccc4)cc3)c3c(N)ncnc32)C1. The van der Waals surface area contributed by atoms with Gasteiger partial charge in [-0.1, -0.05) is 24.3 Å². The third-order valence-corrected chi connectivity index (χ3v) is 7.03. The number of anilines is 1. The highest BCUT2D eigenvalue weighted by molar-refractivity contribution is 5.98. The van der Waals surface area contributed by atoms with Crippen molar-refractivity contribution in [1.82, 2.24) is 29.5 Å². The Morgan fingerprint density at radius 3 is 2.67 bits per heavy atom. The van der Waals surface area contributed by atoms with Crippen LogP contribution in [0.4, 0.5) is 5.82 Å². The quantitative estimate of drug-likeness (QED) is 0.298. The Morgan fingerprint density at radius 1 is 1.12 bits per heavy atom. The standard InChI is InChI=1S/C30H35N7O3/c1-35(18-19-39-2)16-7-11-26(38)36-17-6-8-23(20-36)37-30-27(29(31)32-21-33-30)28(34-37)22-12-14-25(15-13-22)40-24-9-4-3-5-10-24/h3-5,7,9-15,21,23H,6,8,16-20H2,1-2H3,(H2,31,32,33). The van der Waals surface area contributed by atoms with E-state index in [1.165, 1.54) is 6.33 Å². The highest BCUT2D eigenvalue weighted by atomic mass is 16.5. The number of hydrogen-bond donors (Lipinski definition) is 1. The molecule has 1 atom stereocenters. The number of rotatable bonds is 10. The maximum absolute atomic E-state index is 13.0. The molecule has 5 rings (SSSR count). The molecule has 1 aliphatic heterocycles. The number of carbonyl (C=O) groups is 1. The lowest BCUT2D eigenvalue weighted by Crippen LogP contribution is -2.40. The second-order valence-electron chi connectivity index (χ2n) is 9.93. The molecule has 4 aromatic rings. The Balaban J connectivity index is 1.35. The minimum absolute atomic E-state index is 0.00433. The van der Waals surface area contributed by atoms with E-state index in [1.54, 1.807) is 13.2 Å². The van der Waals surface area contributed by atoms with Crippen molar-refractivity contribution in [3.63, 3.8) is 0 Å². The van der Waals surface area contributed by atoms with E-state index in [-0.39, 0.29) is 11.9 Å². The lowest BCUT2D eigenvalue weighted by Gasteiger charge is -2.32. The fourth-order valence-corrected chi connectivity index (χ4v) is 4.89. The molecule has 10 nitrogen and oxygen atoms in total. The molecule has 2 aromatic carbocycles. The summed E-state index contributed by atoms with van der Waals surface area (Å²) in [6.45, 7) is 3.41. The summed E-state index contributed by atoms with van der Waals surface area (Å²) in [4.78, 5) is 25.8. The molecule has 0 bridgehead atoms. The average molecular weight is 542 g/mol. The van der Waals surface area contributed by atoms with Crippen molar-refractivity contribution in [2.24, 2.45) is 0 Å². The summed E-state index contributed by atoms with van der Waals surface area (Å²) >= 11 is 0. The van der Waals surface area contributed by atoms with Crippen LogP contribution in [-0.4, -0.2) is 82.4 Å². The minimum Gasteiger partial charge on any atom is -0.457 e. The monoisotopic (exact) mass is 541 g/mol. The summed E-state index contributed by atoms with van der Waals surface area (Å²) in [6.07, 6.45) is 6.79. The summed E-state index contributed by atoms with van der Waals surface area (Å²) < 4.78 is 13.0. The third-order valence-electron chi connectivity index (χ3n) is 7.03. The van der Waals surface area contributed by atoms with Gasteiger partial charge in [0, 0.05) is 44.9 Å². The van der Waals surface area contributed by atoms with Gasteiger partial charge in [0.1, 0.15) is 29.3 Å². The molecule has 1 saturated heterocycles. The summed E-state index contributed by atoms with van der Waals surface area (Å²) in [5.41, 5.74) is 8.60. The number of hydrogen-bond acceptors (Lipinski definition) is 8. The Morgan fingerprint density at radius 2 is 1.90 bits per heavy atom. The molecule has 1 fully saturated rings. The number of aromatic nitrogens is 4. The molecular weight excluding hydrogens is 506 g/mol. The number of para-hydroxylation sites is 1. The van der Waals surface area contributed by atoms with Gasteiger partial charge in [-0.25, -0.2) is 14.6 Å². The van der Waals surface area contributed by atoms with Crippen LogP contribution < -0.4 is 10.5 Å². The first-order valence-electron chi connectivity index (χ1n) is 13.5. The van der Waals surface area contributed by atoms with Gasteiger partial charge in [-0.05, 0) is 56.3 Å². The summed E-state index contributed by atoms with van der Waals surface area (Å²) in [5, 5.41) is 5.69. The zero-order valence-corrected chi connectivity index (χ0v) is 22.9. The molecule has 3 heterocycles. The number of nitrogen functional groups attached to an aromatic ring is 1. The zero-order chi connectivity index (χ0) is 27.9. The second-order valence-corrected chi connectivity index (χ2v) is 9.93. The molecule has 1 unspecified atom stereocenters. The fraction of sp³-hybridized carbons (Fsp3) is 0.333. The van der Waals surface area contributed by atoms with Gasteiger partial charge in [0.05, 0.1) is 18.0 Å². The molecule has 0 aliphatic carbocycles. The van der Waals surface area contributed by atoms with E-state index in [2.05, 4.69) is 14.9 Å². The van der Waals surface area contributed by atoms with Crippen LogP contribution in [0, 0.1) is 0 Å². The van der Waals surface area contributed by atoms with Crippen molar-refractivity contribution in [3.8, 4) is 22.8 Å². The molecule has 0 saturated carbocycles. The Labute approximate surface area is 234 Å². The van der Waals surface area contributed by atoms with Gasteiger partial charge in [-0.3, -0.25) is 4.79 Å². The van der Waals surface area contributed by atoms with E-state index in [9.17, 15) is 4.79 Å². The fourth-order valence-electron chi connectivity index (χ4n) is 4.89. The number of methoxy groups -OCH3 is 1. The topological polar surface area (TPSA) is 112 Å². The van der Waals surface area contributed by atoms with Crippen molar-refractivity contribution in [2.45, 2.75) is 18.9 Å². The molecule has 0 spiro atoms. The van der Waals surface area contributed by atoms with E-state index >= 15 is 0 Å². The van der Waals surface area contributed by atoms with Crippen molar-refractivity contribution in [2.75, 3.05) is 52.7 Å². The predicted octanol–water partition coefficient (Wildman–Crippen LogP) is 4.17. The molecule has 2 N–H and O–H groups in total. The first kappa shape index (κ1) is 27.3. The van der Waals surface area contributed by atoms with Gasteiger partial charge in [0.15, 0.2) is 5.65 Å².